The average molecular weight is 254 g/mol. The molecular formula is C14H26N2O2. The molecule has 1 aliphatic heterocycles. The molecule has 1 amide bonds. The number of piperidine rings is 1. The number of amides is 1. The zero-order chi connectivity index (χ0) is 13.0. The lowest BCUT2D eigenvalue weighted by molar-refractivity contribution is -0.136. The third-order valence-corrected chi connectivity index (χ3v) is 4.28. The number of nitrogens with zero attached hydrogens (tertiary/aromatic N) is 2. The van der Waals surface area contributed by atoms with Gasteiger partial charge in [-0.15, -0.1) is 0 Å². The summed E-state index contributed by atoms with van der Waals surface area (Å²) in [6, 6.07) is 0. The van der Waals surface area contributed by atoms with E-state index >= 15 is 0 Å². The first-order chi connectivity index (χ1) is 8.69. The van der Waals surface area contributed by atoms with Crippen LogP contribution in [-0.4, -0.2) is 62.7 Å². The van der Waals surface area contributed by atoms with E-state index in [4.69, 9.17) is 4.74 Å². The molecule has 104 valence electrons. The van der Waals surface area contributed by atoms with Crippen LogP contribution in [0.5, 0.6) is 0 Å². The summed E-state index contributed by atoms with van der Waals surface area (Å²) in [6.45, 7) is 4.03. The van der Waals surface area contributed by atoms with E-state index in [0.29, 0.717) is 19.1 Å². The Morgan fingerprint density at radius 1 is 1.33 bits per heavy atom. The van der Waals surface area contributed by atoms with E-state index in [2.05, 4.69) is 9.80 Å². The van der Waals surface area contributed by atoms with Crippen LogP contribution >= 0.6 is 0 Å². The van der Waals surface area contributed by atoms with E-state index in [1.165, 1.54) is 25.7 Å². The van der Waals surface area contributed by atoms with Gasteiger partial charge in [-0.3, -0.25) is 9.69 Å². The molecule has 2 atom stereocenters. The van der Waals surface area contributed by atoms with Gasteiger partial charge in [0.15, 0.2) is 0 Å². The van der Waals surface area contributed by atoms with Crippen molar-refractivity contribution in [3.8, 4) is 0 Å². The largest absolute Gasteiger partial charge is 0.383 e. The van der Waals surface area contributed by atoms with E-state index in [1.54, 1.807) is 7.11 Å². The van der Waals surface area contributed by atoms with Gasteiger partial charge in [-0.25, -0.2) is 0 Å². The summed E-state index contributed by atoms with van der Waals surface area (Å²) >= 11 is 0. The predicted molar refractivity (Wildman–Crippen MR) is 71.4 cm³/mol. The summed E-state index contributed by atoms with van der Waals surface area (Å²) in [5.74, 6) is 1.83. The number of likely N-dealkylation sites (tertiary alicyclic amines) is 1. The van der Waals surface area contributed by atoms with Gasteiger partial charge in [-0.05, 0) is 38.1 Å². The van der Waals surface area contributed by atoms with E-state index in [-0.39, 0.29) is 0 Å². The summed E-state index contributed by atoms with van der Waals surface area (Å²) in [7, 11) is 3.68. The third-order valence-electron chi connectivity index (χ3n) is 4.28. The SMILES string of the molecule is COCCN(C)CC(=O)N1CC2CCCC(C2)C1. The molecule has 2 unspecified atom stereocenters. The first-order valence-electron chi connectivity index (χ1n) is 7.14. The zero-order valence-corrected chi connectivity index (χ0v) is 11.7. The number of methoxy groups -OCH3 is 1. The number of carbonyl (C=O) groups is 1. The number of rotatable bonds is 5. The van der Waals surface area contributed by atoms with Gasteiger partial charge >= 0.3 is 0 Å². The van der Waals surface area contributed by atoms with Gasteiger partial charge in [0.2, 0.25) is 5.91 Å². The summed E-state index contributed by atoms with van der Waals surface area (Å²) < 4.78 is 5.03. The number of likely N-dealkylation sites (N-methyl/N-ethyl adjacent to an activating group) is 1. The minimum Gasteiger partial charge on any atom is -0.383 e. The minimum atomic E-state index is 0.296. The van der Waals surface area contributed by atoms with Crippen molar-refractivity contribution in [1.82, 2.24) is 9.80 Å². The molecule has 0 aromatic heterocycles. The highest BCUT2D eigenvalue weighted by molar-refractivity contribution is 5.78. The number of hydrogen-bond acceptors (Lipinski definition) is 3. The molecule has 1 saturated carbocycles. The molecule has 1 heterocycles. The van der Waals surface area contributed by atoms with Crippen LogP contribution in [0.4, 0.5) is 0 Å². The van der Waals surface area contributed by atoms with Crippen molar-refractivity contribution >= 4 is 5.91 Å². The van der Waals surface area contributed by atoms with Gasteiger partial charge < -0.3 is 9.64 Å². The molecule has 2 aliphatic rings. The van der Waals surface area contributed by atoms with Crippen molar-refractivity contribution in [1.29, 1.82) is 0 Å². The maximum absolute atomic E-state index is 12.2. The average Bonchev–Trinajstić information content (AvgIpc) is 2.35. The summed E-state index contributed by atoms with van der Waals surface area (Å²) in [4.78, 5) is 16.4. The molecule has 2 fully saturated rings. The van der Waals surface area contributed by atoms with E-state index in [0.717, 1.165) is 31.5 Å². The lowest BCUT2D eigenvalue weighted by Gasteiger charge is -2.41. The molecule has 1 aliphatic carbocycles. The summed E-state index contributed by atoms with van der Waals surface area (Å²) in [5, 5.41) is 0. The molecule has 2 bridgehead atoms. The van der Waals surface area contributed by atoms with Gasteiger partial charge in [0.25, 0.3) is 0 Å². The lowest BCUT2D eigenvalue weighted by Crippen LogP contribution is -2.48. The Labute approximate surface area is 110 Å². The first kappa shape index (κ1) is 13.8. The second-order valence-electron chi connectivity index (χ2n) is 5.93. The fourth-order valence-corrected chi connectivity index (χ4v) is 3.29. The number of carbonyl (C=O) groups excluding carboxylic acids is 1. The van der Waals surface area contributed by atoms with Gasteiger partial charge in [0.05, 0.1) is 13.2 Å². The molecule has 2 rings (SSSR count). The van der Waals surface area contributed by atoms with Crippen LogP contribution in [0.2, 0.25) is 0 Å². The second-order valence-corrected chi connectivity index (χ2v) is 5.93. The molecule has 18 heavy (non-hydrogen) atoms. The van der Waals surface area contributed by atoms with E-state index in [9.17, 15) is 4.79 Å². The second kappa shape index (κ2) is 6.53. The summed E-state index contributed by atoms with van der Waals surface area (Å²) in [6.07, 6.45) is 5.36. The molecule has 4 heteroatoms. The van der Waals surface area contributed by atoms with Crippen molar-refractivity contribution in [2.75, 3.05) is 46.9 Å². The van der Waals surface area contributed by atoms with Crippen molar-refractivity contribution in [3.05, 3.63) is 0 Å². The molecule has 0 N–H and O–H groups in total. The number of hydrogen-bond donors (Lipinski definition) is 0. The quantitative estimate of drug-likeness (QED) is 0.739. The Balaban J connectivity index is 1.78. The van der Waals surface area contributed by atoms with Crippen molar-refractivity contribution in [3.63, 3.8) is 0 Å². The van der Waals surface area contributed by atoms with Gasteiger partial charge in [0, 0.05) is 26.7 Å². The van der Waals surface area contributed by atoms with Crippen LogP contribution in [0.1, 0.15) is 25.7 Å². The molecule has 0 aromatic rings. The monoisotopic (exact) mass is 254 g/mol. The Morgan fingerprint density at radius 3 is 2.61 bits per heavy atom. The van der Waals surface area contributed by atoms with E-state index in [1.807, 2.05) is 7.05 Å². The number of ether oxygens (including phenoxy) is 1. The zero-order valence-electron chi connectivity index (χ0n) is 11.7. The highest BCUT2D eigenvalue weighted by Crippen LogP contribution is 2.34. The topological polar surface area (TPSA) is 32.8 Å². The Kier molecular flexibility index (Phi) is 5.01. The van der Waals surface area contributed by atoms with Gasteiger partial charge in [-0.1, -0.05) is 6.42 Å². The number of fused-ring (bicyclic) bond motifs is 2. The van der Waals surface area contributed by atoms with Crippen LogP contribution < -0.4 is 0 Å². The van der Waals surface area contributed by atoms with Crippen LogP contribution in [0.15, 0.2) is 0 Å². The Bertz CT molecular complexity index is 271. The first-order valence-corrected chi connectivity index (χ1v) is 7.14. The van der Waals surface area contributed by atoms with Crippen molar-refractivity contribution < 1.29 is 9.53 Å². The fraction of sp³-hybridized carbons (Fsp3) is 0.929. The van der Waals surface area contributed by atoms with Crippen molar-refractivity contribution in [2.45, 2.75) is 25.7 Å². The lowest BCUT2D eigenvalue weighted by atomic mass is 9.78. The van der Waals surface area contributed by atoms with Gasteiger partial charge in [-0.2, -0.15) is 0 Å². The highest BCUT2D eigenvalue weighted by atomic mass is 16.5. The molecule has 0 spiro atoms. The van der Waals surface area contributed by atoms with Crippen LogP contribution in [0, 0.1) is 11.8 Å². The standard InChI is InChI=1S/C14H26N2O2/c1-15(6-7-18-2)11-14(17)16-9-12-4-3-5-13(8-12)10-16/h12-13H,3-11H2,1-2H3. The van der Waals surface area contributed by atoms with Crippen LogP contribution in [0.25, 0.3) is 0 Å². The van der Waals surface area contributed by atoms with Crippen LogP contribution in [0.3, 0.4) is 0 Å². The minimum absolute atomic E-state index is 0.296. The predicted octanol–water partition coefficient (Wildman–Crippen LogP) is 1.21. The normalized spacial score (nSPS) is 27.6. The fourth-order valence-electron chi connectivity index (χ4n) is 3.29. The molecule has 1 saturated heterocycles. The summed E-state index contributed by atoms with van der Waals surface area (Å²) in [5.41, 5.74) is 0. The molecule has 0 radical (unpaired) electrons. The smallest absolute Gasteiger partial charge is 0.236 e. The maximum Gasteiger partial charge on any atom is 0.236 e. The molecule has 4 nitrogen and oxygen atoms in total. The third kappa shape index (κ3) is 3.69. The van der Waals surface area contributed by atoms with E-state index < -0.39 is 0 Å². The highest BCUT2D eigenvalue weighted by Gasteiger charge is 2.32. The van der Waals surface area contributed by atoms with Crippen molar-refractivity contribution in [2.24, 2.45) is 11.8 Å². The Morgan fingerprint density at radius 2 is 2.00 bits per heavy atom. The van der Waals surface area contributed by atoms with Gasteiger partial charge in [0.1, 0.15) is 0 Å². The Hall–Kier alpha value is -0.610. The van der Waals surface area contributed by atoms with Crippen LogP contribution in [-0.2, 0) is 9.53 Å². The molecular weight excluding hydrogens is 228 g/mol. The molecule has 0 aromatic carbocycles. The maximum atomic E-state index is 12.2.